The largest absolute Gasteiger partial charge is 0.497 e. The molecule has 1 fully saturated rings. The lowest BCUT2D eigenvalue weighted by molar-refractivity contribution is -0.117. The molecule has 6 heteroatoms. The van der Waals surface area contributed by atoms with Crippen LogP contribution in [-0.4, -0.2) is 31.1 Å². The second kappa shape index (κ2) is 7.77. The fraction of sp³-hybridized carbons (Fsp3) is 0.444. The average molecular weight is 345 g/mol. The lowest BCUT2D eigenvalue weighted by atomic mass is 9.97. The smallest absolute Gasteiger partial charge is 0.233 e. The minimum Gasteiger partial charge on any atom is -0.497 e. The van der Waals surface area contributed by atoms with Crippen molar-refractivity contribution in [1.29, 1.82) is 0 Å². The van der Waals surface area contributed by atoms with Crippen LogP contribution in [0.25, 0.3) is 0 Å². The number of carbonyl (C=O) groups excluding carboxylic acids is 1. The van der Waals surface area contributed by atoms with Crippen molar-refractivity contribution in [2.75, 3.05) is 25.5 Å². The number of anilines is 1. The van der Waals surface area contributed by atoms with Gasteiger partial charge in [-0.2, -0.15) is 0 Å². The average Bonchev–Trinajstić information content (AvgIpc) is 3.10. The molecule has 2 N–H and O–H groups in total. The first kappa shape index (κ1) is 16.9. The van der Waals surface area contributed by atoms with Crippen molar-refractivity contribution in [3.63, 3.8) is 0 Å². The van der Waals surface area contributed by atoms with Gasteiger partial charge in [-0.3, -0.25) is 4.79 Å². The highest BCUT2D eigenvalue weighted by Crippen LogP contribution is 2.32. The number of carbonyl (C=O) groups is 1. The fourth-order valence-corrected chi connectivity index (χ4v) is 3.90. The summed E-state index contributed by atoms with van der Waals surface area (Å²) in [6.07, 6.45) is 4.18. The number of ether oxygens (including phenoxy) is 1. The molecule has 1 unspecified atom stereocenters. The van der Waals surface area contributed by atoms with Crippen molar-refractivity contribution < 1.29 is 9.53 Å². The van der Waals surface area contributed by atoms with E-state index in [1.165, 1.54) is 4.88 Å². The summed E-state index contributed by atoms with van der Waals surface area (Å²) in [7, 11) is 1.63. The van der Waals surface area contributed by atoms with Crippen LogP contribution in [0.5, 0.6) is 5.75 Å². The monoisotopic (exact) mass is 345 g/mol. The summed E-state index contributed by atoms with van der Waals surface area (Å²) in [5.74, 6) is 1.01. The molecule has 1 aromatic carbocycles. The number of aromatic nitrogens is 1. The molecule has 0 spiro atoms. The first-order valence-electron chi connectivity index (χ1n) is 8.28. The zero-order valence-corrected chi connectivity index (χ0v) is 14.9. The van der Waals surface area contributed by atoms with Crippen LogP contribution in [0.3, 0.4) is 0 Å². The highest BCUT2D eigenvalue weighted by atomic mass is 32.1. The van der Waals surface area contributed by atoms with Gasteiger partial charge in [0.25, 0.3) is 0 Å². The molecule has 24 heavy (non-hydrogen) atoms. The van der Waals surface area contributed by atoms with Crippen molar-refractivity contribution in [1.82, 2.24) is 10.3 Å². The van der Waals surface area contributed by atoms with Crippen LogP contribution in [0.2, 0.25) is 0 Å². The van der Waals surface area contributed by atoms with E-state index in [0.717, 1.165) is 37.2 Å². The molecule has 0 aliphatic carbocycles. The minimum atomic E-state index is -0.258. The number of rotatable bonds is 5. The Hall–Kier alpha value is -1.92. The fourth-order valence-electron chi connectivity index (χ4n) is 2.92. The Bertz CT molecular complexity index is 695. The van der Waals surface area contributed by atoms with Crippen molar-refractivity contribution in [3.8, 4) is 5.75 Å². The van der Waals surface area contributed by atoms with Gasteiger partial charge < -0.3 is 15.4 Å². The second-order valence-electron chi connectivity index (χ2n) is 6.08. The van der Waals surface area contributed by atoms with Crippen LogP contribution in [0.1, 0.15) is 42.0 Å². The van der Waals surface area contributed by atoms with Crippen molar-refractivity contribution in [2.24, 2.45) is 0 Å². The summed E-state index contributed by atoms with van der Waals surface area (Å²) in [5.41, 5.74) is 0.932. The Labute approximate surface area is 146 Å². The van der Waals surface area contributed by atoms with Gasteiger partial charge in [-0.05, 0) is 56.5 Å². The third-order valence-electron chi connectivity index (χ3n) is 4.48. The van der Waals surface area contributed by atoms with Gasteiger partial charge in [0.15, 0.2) is 5.13 Å². The molecule has 1 aliphatic rings. The first-order valence-corrected chi connectivity index (χ1v) is 9.10. The van der Waals surface area contributed by atoms with Gasteiger partial charge in [0.05, 0.1) is 13.0 Å². The van der Waals surface area contributed by atoms with E-state index in [0.29, 0.717) is 11.0 Å². The number of piperidine rings is 1. The molecule has 2 heterocycles. The summed E-state index contributed by atoms with van der Waals surface area (Å²) < 4.78 is 5.23. The molecule has 128 valence electrons. The van der Waals surface area contributed by atoms with E-state index in [-0.39, 0.29) is 11.8 Å². The number of nitrogens with one attached hydrogen (secondary N) is 2. The Morgan fingerprint density at radius 1 is 1.42 bits per heavy atom. The highest BCUT2D eigenvalue weighted by Gasteiger charge is 2.20. The number of nitrogens with zero attached hydrogens (tertiary/aromatic N) is 1. The summed E-state index contributed by atoms with van der Waals surface area (Å²) in [4.78, 5) is 18.2. The summed E-state index contributed by atoms with van der Waals surface area (Å²) >= 11 is 1.59. The number of methoxy groups -OCH3 is 1. The van der Waals surface area contributed by atoms with Crippen molar-refractivity contribution in [2.45, 2.75) is 31.6 Å². The maximum atomic E-state index is 12.5. The Morgan fingerprint density at radius 2 is 2.21 bits per heavy atom. The Balaban J connectivity index is 1.64. The molecule has 5 nitrogen and oxygen atoms in total. The standard InChI is InChI=1S/C18H23N3O2S/c1-12(14-4-3-5-15(10-14)23-2)17(22)21-18-20-11-16(24-18)13-6-8-19-9-7-13/h3-5,10-13,19H,6-9H2,1-2H3,(H,20,21,22). The number of amides is 1. The topological polar surface area (TPSA) is 63.2 Å². The molecule has 1 atom stereocenters. The van der Waals surface area contributed by atoms with Crippen LogP contribution < -0.4 is 15.4 Å². The maximum absolute atomic E-state index is 12.5. The highest BCUT2D eigenvalue weighted by molar-refractivity contribution is 7.15. The van der Waals surface area contributed by atoms with Gasteiger partial charge in [0, 0.05) is 11.1 Å². The van der Waals surface area contributed by atoms with Gasteiger partial charge >= 0.3 is 0 Å². The molecule has 0 radical (unpaired) electrons. The predicted molar refractivity (Wildman–Crippen MR) is 97.0 cm³/mol. The normalized spacial score (nSPS) is 16.6. The van der Waals surface area contributed by atoms with Gasteiger partial charge in [-0.15, -0.1) is 11.3 Å². The van der Waals surface area contributed by atoms with E-state index in [9.17, 15) is 4.79 Å². The van der Waals surface area contributed by atoms with E-state index in [2.05, 4.69) is 15.6 Å². The summed E-state index contributed by atoms with van der Waals surface area (Å²) in [6, 6.07) is 7.61. The molecular weight excluding hydrogens is 322 g/mol. The molecular formula is C18H23N3O2S. The second-order valence-corrected chi connectivity index (χ2v) is 7.14. The van der Waals surface area contributed by atoms with Gasteiger partial charge in [0.2, 0.25) is 5.91 Å². The van der Waals surface area contributed by atoms with Gasteiger partial charge in [0.1, 0.15) is 5.75 Å². The number of benzene rings is 1. The van der Waals surface area contributed by atoms with Crippen LogP contribution in [0.4, 0.5) is 5.13 Å². The summed E-state index contributed by atoms with van der Waals surface area (Å²) in [5, 5.41) is 7.00. The molecule has 1 aliphatic heterocycles. The van der Waals surface area contributed by atoms with E-state index >= 15 is 0 Å². The maximum Gasteiger partial charge on any atom is 0.233 e. The molecule has 1 aromatic heterocycles. The number of thiazole rings is 1. The molecule has 1 saturated heterocycles. The van der Waals surface area contributed by atoms with Crippen LogP contribution >= 0.6 is 11.3 Å². The van der Waals surface area contributed by atoms with E-state index in [1.807, 2.05) is 37.4 Å². The Morgan fingerprint density at radius 3 is 2.96 bits per heavy atom. The molecule has 0 saturated carbocycles. The SMILES string of the molecule is COc1cccc(C(C)C(=O)Nc2ncc(C3CCNCC3)s2)c1. The van der Waals surface area contributed by atoms with Crippen molar-refractivity contribution in [3.05, 3.63) is 40.9 Å². The quantitative estimate of drug-likeness (QED) is 0.872. The van der Waals surface area contributed by atoms with Crippen LogP contribution in [0.15, 0.2) is 30.5 Å². The number of hydrogen-bond acceptors (Lipinski definition) is 5. The molecule has 3 rings (SSSR count). The van der Waals surface area contributed by atoms with E-state index in [4.69, 9.17) is 4.74 Å². The third-order valence-corrected chi connectivity index (χ3v) is 5.56. The lowest BCUT2D eigenvalue weighted by Gasteiger charge is -2.20. The first-order chi connectivity index (χ1) is 11.7. The third kappa shape index (κ3) is 3.94. The molecule has 1 amide bonds. The molecule has 2 aromatic rings. The number of hydrogen-bond donors (Lipinski definition) is 2. The molecule has 0 bridgehead atoms. The Kier molecular flexibility index (Phi) is 5.48. The van der Waals surface area contributed by atoms with Gasteiger partial charge in [-0.25, -0.2) is 4.98 Å². The summed E-state index contributed by atoms with van der Waals surface area (Å²) in [6.45, 7) is 4.00. The van der Waals surface area contributed by atoms with Gasteiger partial charge in [-0.1, -0.05) is 12.1 Å². The van der Waals surface area contributed by atoms with E-state index < -0.39 is 0 Å². The van der Waals surface area contributed by atoms with E-state index in [1.54, 1.807) is 18.4 Å². The van der Waals surface area contributed by atoms with Crippen LogP contribution in [0, 0.1) is 0 Å². The zero-order valence-electron chi connectivity index (χ0n) is 14.0. The zero-order chi connectivity index (χ0) is 16.9. The van der Waals surface area contributed by atoms with Crippen LogP contribution in [-0.2, 0) is 4.79 Å². The minimum absolute atomic E-state index is 0.0468. The lowest BCUT2D eigenvalue weighted by Crippen LogP contribution is -2.26. The predicted octanol–water partition coefficient (Wildman–Crippen LogP) is 3.36. The van der Waals surface area contributed by atoms with Crippen molar-refractivity contribution >= 4 is 22.4 Å².